The molecule has 0 atom stereocenters. The van der Waals surface area contributed by atoms with Gasteiger partial charge in [0.1, 0.15) is 0 Å². The maximum absolute atomic E-state index is 12.2. The highest BCUT2D eigenvalue weighted by Gasteiger charge is 2.21. The minimum atomic E-state index is -0.153. The normalized spacial score (nSPS) is 16.1. The summed E-state index contributed by atoms with van der Waals surface area (Å²) in [6.45, 7) is 4.46. The van der Waals surface area contributed by atoms with E-state index in [1.165, 1.54) is 23.4 Å². The van der Waals surface area contributed by atoms with Crippen LogP contribution in [-0.2, 0) is 19.3 Å². The van der Waals surface area contributed by atoms with Crippen molar-refractivity contribution < 1.29 is 9.47 Å². The largest absolute Gasteiger partial charge is 0.454 e. The number of aromatic nitrogens is 6. The minimum Gasteiger partial charge on any atom is -0.454 e. The third-order valence-corrected chi connectivity index (χ3v) is 6.27. The molecule has 1 fully saturated rings. The molecule has 0 amide bonds. The molecule has 1 N–H and O–H groups in total. The molecule has 1 aromatic carbocycles. The summed E-state index contributed by atoms with van der Waals surface area (Å²) in [5, 5.41) is 12.1. The van der Waals surface area contributed by atoms with E-state index in [2.05, 4.69) is 41.4 Å². The average Bonchev–Trinajstić information content (AvgIpc) is 3.40. The van der Waals surface area contributed by atoms with Gasteiger partial charge in [-0.3, -0.25) is 14.7 Å². The number of aromatic amines is 1. The summed E-state index contributed by atoms with van der Waals surface area (Å²) in [5.74, 6) is 2.75. The summed E-state index contributed by atoms with van der Waals surface area (Å²) < 4.78 is 12.4. The van der Waals surface area contributed by atoms with Crippen molar-refractivity contribution in [3.63, 3.8) is 0 Å². The summed E-state index contributed by atoms with van der Waals surface area (Å²) in [6, 6.07) is 7.60. The Labute approximate surface area is 182 Å². The Morgan fingerprint density at radius 1 is 1.13 bits per heavy atom. The van der Waals surface area contributed by atoms with Gasteiger partial charge in [-0.25, -0.2) is 9.67 Å². The Morgan fingerprint density at radius 3 is 2.77 bits per heavy atom. The smallest absolute Gasteiger partial charge is 0.252 e. The second-order valence-corrected chi connectivity index (χ2v) is 8.33. The lowest BCUT2D eigenvalue weighted by Crippen LogP contribution is -2.47. The molecule has 0 bridgehead atoms. The first-order valence-corrected chi connectivity index (χ1v) is 10.9. The second kappa shape index (κ2) is 8.55. The Balaban J connectivity index is 1.19. The molecule has 4 heterocycles. The predicted molar refractivity (Wildman–Crippen MR) is 113 cm³/mol. The Bertz CT molecular complexity index is 1130. The van der Waals surface area contributed by atoms with E-state index < -0.39 is 0 Å². The van der Waals surface area contributed by atoms with E-state index in [0.717, 1.165) is 44.2 Å². The van der Waals surface area contributed by atoms with Crippen LogP contribution in [0.3, 0.4) is 0 Å². The standard InChI is InChI=1S/C19H22N8O3S/c1-25-19(22-23-24-25)31-11-14-9-17(28)21-18(20-14)27-6-4-26(5-7-27)10-13-2-3-15-16(8-13)30-12-29-15/h2-3,8-9H,4-7,10-12H2,1H3,(H,20,21,28). The van der Waals surface area contributed by atoms with Gasteiger partial charge >= 0.3 is 0 Å². The molecule has 2 aliphatic heterocycles. The highest BCUT2D eigenvalue weighted by molar-refractivity contribution is 7.98. The van der Waals surface area contributed by atoms with Crippen molar-refractivity contribution in [2.24, 2.45) is 7.05 Å². The van der Waals surface area contributed by atoms with Gasteiger partial charge in [0.2, 0.25) is 17.9 Å². The molecule has 0 aliphatic carbocycles. The Hall–Kier alpha value is -3.12. The minimum absolute atomic E-state index is 0.153. The molecule has 0 spiro atoms. The summed E-state index contributed by atoms with van der Waals surface area (Å²) in [6.07, 6.45) is 0. The van der Waals surface area contributed by atoms with Gasteiger partial charge in [-0.15, -0.1) is 5.10 Å². The fourth-order valence-corrected chi connectivity index (χ4v) is 4.36. The number of hydrogen-bond acceptors (Lipinski definition) is 10. The molecule has 1 saturated heterocycles. The first kappa shape index (κ1) is 19.8. The van der Waals surface area contributed by atoms with Crippen molar-refractivity contribution in [3.8, 4) is 11.5 Å². The van der Waals surface area contributed by atoms with Crippen LogP contribution in [-0.4, -0.2) is 68.0 Å². The number of hydrogen-bond donors (Lipinski definition) is 1. The Morgan fingerprint density at radius 2 is 1.97 bits per heavy atom. The van der Waals surface area contributed by atoms with Crippen molar-refractivity contribution in [2.45, 2.75) is 17.5 Å². The lowest BCUT2D eigenvalue weighted by Gasteiger charge is -2.35. The first-order chi connectivity index (χ1) is 15.1. The van der Waals surface area contributed by atoms with Crippen LogP contribution in [0.2, 0.25) is 0 Å². The number of rotatable bonds is 6. The van der Waals surface area contributed by atoms with Crippen LogP contribution in [0.1, 0.15) is 11.3 Å². The number of tetrazole rings is 1. The number of fused-ring (bicyclic) bond motifs is 1. The fraction of sp³-hybridized carbons (Fsp3) is 0.421. The van der Waals surface area contributed by atoms with E-state index in [4.69, 9.17) is 9.47 Å². The molecule has 0 radical (unpaired) electrons. The van der Waals surface area contributed by atoms with Crippen LogP contribution in [0.5, 0.6) is 11.5 Å². The van der Waals surface area contributed by atoms with Gasteiger partial charge in [0.25, 0.3) is 5.56 Å². The number of benzene rings is 1. The van der Waals surface area contributed by atoms with E-state index >= 15 is 0 Å². The first-order valence-electron chi connectivity index (χ1n) is 9.95. The molecule has 5 rings (SSSR count). The lowest BCUT2D eigenvalue weighted by atomic mass is 10.1. The zero-order chi connectivity index (χ0) is 21.2. The maximum Gasteiger partial charge on any atom is 0.252 e. The quantitative estimate of drug-likeness (QED) is 0.545. The van der Waals surface area contributed by atoms with Gasteiger partial charge in [-0.1, -0.05) is 17.8 Å². The highest BCUT2D eigenvalue weighted by atomic mass is 32.2. The summed E-state index contributed by atoms with van der Waals surface area (Å²) in [7, 11) is 1.78. The van der Waals surface area contributed by atoms with Gasteiger partial charge in [0, 0.05) is 51.6 Å². The number of piperazine rings is 1. The van der Waals surface area contributed by atoms with Crippen LogP contribution in [0.15, 0.2) is 34.2 Å². The molecule has 2 aromatic heterocycles. The molecule has 0 saturated carbocycles. The summed E-state index contributed by atoms with van der Waals surface area (Å²) in [5.41, 5.74) is 1.75. The van der Waals surface area contributed by atoms with Crippen LogP contribution < -0.4 is 19.9 Å². The summed E-state index contributed by atoms with van der Waals surface area (Å²) in [4.78, 5) is 24.2. The second-order valence-electron chi connectivity index (χ2n) is 7.38. The number of anilines is 1. The zero-order valence-corrected chi connectivity index (χ0v) is 17.8. The predicted octanol–water partition coefficient (Wildman–Crippen LogP) is 0.637. The number of nitrogens with zero attached hydrogens (tertiary/aromatic N) is 7. The molecule has 3 aromatic rings. The number of aryl methyl sites for hydroxylation is 1. The van der Waals surface area contributed by atoms with Gasteiger partial charge < -0.3 is 14.4 Å². The highest BCUT2D eigenvalue weighted by Crippen LogP contribution is 2.32. The van der Waals surface area contributed by atoms with Gasteiger partial charge in [0.15, 0.2) is 11.5 Å². The molecule has 31 heavy (non-hydrogen) atoms. The SMILES string of the molecule is Cn1nnnc1SCc1cc(=O)[nH]c(N2CCN(Cc3ccc4c(c3)OCO4)CC2)n1. The van der Waals surface area contributed by atoms with Crippen LogP contribution >= 0.6 is 11.8 Å². The lowest BCUT2D eigenvalue weighted by molar-refractivity contribution is 0.174. The number of H-pyrrole nitrogens is 1. The van der Waals surface area contributed by atoms with Crippen LogP contribution in [0.4, 0.5) is 5.95 Å². The maximum atomic E-state index is 12.2. The van der Waals surface area contributed by atoms with E-state index in [1.807, 2.05) is 12.1 Å². The third kappa shape index (κ3) is 4.49. The van der Waals surface area contributed by atoms with E-state index in [9.17, 15) is 4.79 Å². The van der Waals surface area contributed by atoms with E-state index in [0.29, 0.717) is 22.6 Å². The monoisotopic (exact) mass is 442 g/mol. The average molecular weight is 443 g/mol. The Kier molecular flexibility index (Phi) is 5.47. The fourth-order valence-electron chi connectivity index (χ4n) is 3.61. The van der Waals surface area contributed by atoms with E-state index in [-0.39, 0.29) is 12.4 Å². The zero-order valence-electron chi connectivity index (χ0n) is 17.0. The molecule has 0 unspecified atom stereocenters. The van der Waals surface area contributed by atoms with Gasteiger partial charge in [-0.05, 0) is 28.1 Å². The molecular formula is C19H22N8O3S. The third-order valence-electron chi connectivity index (χ3n) is 5.23. The van der Waals surface area contributed by atoms with Crippen molar-refractivity contribution in [2.75, 3.05) is 37.9 Å². The van der Waals surface area contributed by atoms with Crippen LogP contribution in [0, 0.1) is 0 Å². The topological polar surface area (TPSA) is 114 Å². The number of ether oxygens (including phenoxy) is 2. The number of nitrogens with one attached hydrogen (secondary N) is 1. The molecule has 12 heteroatoms. The molecule has 2 aliphatic rings. The van der Waals surface area contributed by atoms with Gasteiger partial charge in [0.05, 0.1) is 5.69 Å². The van der Waals surface area contributed by atoms with Crippen molar-refractivity contribution >= 4 is 17.7 Å². The number of thioether (sulfide) groups is 1. The van der Waals surface area contributed by atoms with Crippen molar-refractivity contribution in [1.29, 1.82) is 0 Å². The summed E-state index contributed by atoms with van der Waals surface area (Å²) >= 11 is 1.45. The molecule has 11 nitrogen and oxygen atoms in total. The molecule has 162 valence electrons. The molecular weight excluding hydrogens is 420 g/mol. The van der Waals surface area contributed by atoms with Crippen molar-refractivity contribution in [1.82, 2.24) is 35.1 Å². The van der Waals surface area contributed by atoms with Gasteiger partial charge in [-0.2, -0.15) is 0 Å². The van der Waals surface area contributed by atoms with Crippen molar-refractivity contribution in [3.05, 3.63) is 45.9 Å². The van der Waals surface area contributed by atoms with Crippen LogP contribution in [0.25, 0.3) is 0 Å². The van der Waals surface area contributed by atoms with E-state index in [1.54, 1.807) is 11.7 Å².